The van der Waals surface area contributed by atoms with Crippen LogP contribution in [0.1, 0.15) is 37.3 Å². The smallest absolute Gasteiger partial charge is 0.262 e. The Balaban J connectivity index is 1.57. The van der Waals surface area contributed by atoms with Gasteiger partial charge in [0.25, 0.3) is 10.0 Å². The molecule has 6 nitrogen and oxygen atoms in total. The quantitative estimate of drug-likeness (QED) is 0.638. The van der Waals surface area contributed by atoms with Crippen LogP contribution in [0.2, 0.25) is 0 Å². The molecule has 0 bridgehead atoms. The predicted molar refractivity (Wildman–Crippen MR) is 123 cm³/mol. The van der Waals surface area contributed by atoms with Gasteiger partial charge >= 0.3 is 0 Å². The molecule has 2 heterocycles. The number of rotatable bonds is 8. The van der Waals surface area contributed by atoms with E-state index in [2.05, 4.69) is 23.5 Å². The Hall–Kier alpha value is -2.42. The average molecular weight is 461 g/mol. The molecule has 2 atom stereocenters. The van der Waals surface area contributed by atoms with Crippen LogP contribution in [-0.4, -0.2) is 52.3 Å². The first kappa shape index (κ1) is 22.8. The highest BCUT2D eigenvalue weighted by molar-refractivity contribution is 7.92. The van der Waals surface area contributed by atoms with Gasteiger partial charge in [-0.15, -0.1) is 0 Å². The van der Waals surface area contributed by atoms with E-state index in [9.17, 15) is 12.8 Å². The highest BCUT2D eigenvalue weighted by atomic mass is 32.2. The molecule has 0 amide bonds. The van der Waals surface area contributed by atoms with Crippen LogP contribution in [0.25, 0.3) is 6.08 Å². The lowest BCUT2D eigenvalue weighted by atomic mass is 9.90. The minimum atomic E-state index is -3.93. The normalized spacial score (nSPS) is 20.2. The van der Waals surface area contributed by atoms with Crippen LogP contribution in [0.3, 0.4) is 0 Å². The maximum absolute atomic E-state index is 13.9. The molecule has 8 heteroatoms. The van der Waals surface area contributed by atoms with E-state index in [-0.39, 0.29) is 16.9 Å². The summed E-state index contributed by atoms with van der Waals surface area (Å²) in [7, 11) is -3.93. The molecule has 2 aliphatic rings. The first-order valence-corrected chi connectivity index (χ1v) is 12.5. The Morgan fingerprint density at radius 3 is 2.78 bits per heavy atom. The third-order valence-corrected chi connectivity index (χ3v) is 7.55. The summed E-state index contributed by atoms with van der Waals surface area (Å²) in [5.74, 6) is 0.474. The monoisotopic (exact) mass is 460 g/mol. The number of fused-ring (bicyclic) bond motifs is 3. The van der Waals surface area contributed by atoms with Gasteiger partial charge in [0.05, 0.1) is 16.7 Å². The van der Waals surface area contributed by atoms with Crippen molar-refractivity contribution in [1.82, 2.24) is 4.90 Å². The van der Waals surface area contributed by atoms with Crippen molar-refractivity contribution < 1.29 is 22.3 Å². The van der Waals surface area contributed by atoms with Crippen molar-refractivity contribution in [3.05, 3.63) is 59.4 Å². The molecule has 172 valence electrons. The van der Waals surface area contributed by atoms with Crippen molar-refractivity contribution in [2.45, 2.75) is 37.2 Å². The van der Waals surface area contributed by atoms with Crippen molar-refractivity contribution in [1.29, 1.82) is 0 Å². The summed E-state index contributed by atoms with van der Waals surface area (Å²) < 4.78 is 54.3. The molecule has 0 saturated carbocycles. The van der Waals surface area contributed by atoms with Crippen molar-refractivity contribution >= 4 is 21.8 Å². The maximum atomic E-state index is 13.9. The van der Waals surface area contributed by atoms with Crippen molar-refractivity contribution in [2.24, 2.45) is 0 Å². The van der Waals surface area contributed by atoms with Gasteiger partial charge in [0.1, 0.15) is 18.2 Å². The number of nitrogens with one attached hydrogen (secondary N) is 1. The number of anilines is 1. The predicted octanol–water partition coefficient (Wildman–Crippen LogP) is 4.25. The van der Waals surface area contributed by atoms with E-state index in [0.717, 1.165) is 31.1 Å². The van der Waals surface area contributed by atoms with E-state index >= 15 is 0 Å². The molecule has 1 N–H and O–H groups in total. The molecule has 2 aromatic carbocycles. The van der Waals surface area contributed by atoms with Crippen LogP contribution >= 0.6 is 0 Å². The van der Waals surface area contributed by atoms with Gasteiger partial charge < -0.3 is 14.4 Å². The molecular formula is C24H29FN2O4S. The Kier molecular flexibility index (Phi) is 6.83. The number of ether oxygens (including phenoxy) is 2. The van der Waals surface area contributed by atoms with Crippen LogP contribution in [0.4, 0.5) is 10.1 Å². The fourth-order valence-corrected chi connectivity index (χ4v) is 5.52. The van der Waals surface area contributed by atoms with Gasteiger partial charge in [-0.1, -0.05) is 32.1 Å². The molecule has 2 aromatic rings. The van der Waals surface area contributed by atoms with E-state index in [4.69, 9.17) is 9.47 Å². The van der Waals surface area contributed by atoms with E-state index in [0.29, 0.717) is 36.8 Å². The first-order valence-electron chi connectivity index (χ1n) is 11.0. The first-order chi connectivity index (χ1) is 15.4. The number of likely N-dealkylation sites (N-methyl/N-ethyl adjacent to an activating group) is 1. The molecule has 0 aliphatic carbocycles. The fourth-order valence-electron chi connectivity index (χ4n) is 4.28. The lowest BCUT2D eigenvalue weighted by molar-refractivity contribution is 0.0505. The second-order valence-corrected chi connectivity index (χ2v) is 9.69. The van der Waals surface area contributed by atoms with Gasteiger partial charge in [-0.05, 0) is 49.3 Å². The fraction of sp³-hybridized carbons (Fsp3) is 0.417. The van der Waals surface area contributed by atoms with Crippen LogP contribution in [0.15, 0.2) is 47.4 Å². The Bertz CT molecular complexity index is 1100. The average Bonchev–Trinajstić information content (AvgIpc) is 3.25. The zero-order valence-corrected chi connectivity index (χ0v) is 19.2. The van der Waals surface area contributed by atoms with E-state index in [1.54, 1.807) is 18.2 Å². The molecule has 2 unspecified atom stereocenters. The summed E-state index contributed by atoms with van der Waals surface area (Å²) in [4.78, 5) is 2.20. The number of halogens is 1. The summed E-state index contributed by atoms with van der Waals surface area (Å²) in [6, 6.07) is 9.04. The number of hydrogen-bond acceptors (Lipinski definition) is 5. The SMILES string of the molecule is CCN(CC)C/C=C\c1cc(F)ccc1S(=O)(=O)Nc1ccc2c(c1)OCC1OCCC21. The summed E-state index contributed by atoms with van der Waals surface area (Å²) in [6.07, 6.45) is 4.51. The molecule has 0 aromatic heterocycles. The minimum absolute atomic E-state index is 0.0255. The molecule has 1 fully saturated rings. The van der Waals surface area contributed by atoms with Crippen LogP contribution < -0.4 is 9.46 Å². The molecule has 0 spiro atoms. The highest BCUT2D eigenvalue weighted by Crippen LogP contribution is 2.42. The van der Waals surface area contributed by atoms with Crippen LogP contribution in [-0.2, 0) is 14.8 Å². The van der Waals surface area contributed by atoms with E-state index in [1.807, 2.05) is 12.1 Å². The van der Waals surface area contributed by atoms with Crippen molar-refractivity contribution in [2.75, 3.05) is 37.6 Å². The Morgan fingerprint density at radius 1 is 1.19 bits per heavy atom. The minimum Gasteiger partial charge on any atom is -0.490 e. The van der Waals surface area contributed by atoms with Gasteiger partial charge in [0.2, 0.25) is 0 Å². The molecule has 4 rings (SSSR count). The van der Waals surface area contributed by atoms with Gasteiger partial charge in [-0.3, -0.25) is 4.72 Å². The van der Waals surface area contributed by atoms with Gasteiger partial charge in [-0.25, -0.2) is 12.8 Å². The van der Waals surface area contributed by atoms with Crippen molar-refractivity contribution in [3.63, 3.8) is 0 Å². The second kappa shape index (κ2) is 9.60. The zero-order chi connectivity index (χ0) is 22.7. The number of sulfonamides is 1. The molecule has 2 aliphatic heterocycles. The summed E-state index contributed by atoms with van der Waals surface area (Å²) in [5, 5.41) is 0. The highest BCUT2D eigenvalue weighted by Gasteiger charge is 2.36. The number of nitrogens with zero attached hydrogens (tertiary/aromatic N) is 1. The standard InChI is InChI=1S/C24H29FN2O4S/c1-3-27(4-2)12-5-6-17-14-18(25)7-10-24(17)32(28,29)26-19-8-9-20-21-11-13-30-23(21)16-31-22(20)15-19/h5-10,14-15,21,23,26H,3-4,11-13,16H2,1-2H3/b6-5-. The molecule has 1 saturated heterocycles. The summed E-state index contributed by atoms with van der Waals surface area (Å²) >= 11 is 0. The Morgan fingerprint density at radius 2 is 2.00 bits per heavy atom. The summed E-state index contributed by atoms with van der Waals surface area (Å²) in [5.41, 5.74) is 1.76. The number of hydrogen-bond donors (Lipinski definition) is 1. The second-order valence-electron chi connectivity index (χ2n) is 8.04. The zero-order valence-electron chi connectivity index (χ0n) is 18.4. The molecule has 32 heavy (non-hydrogen) atoms. The maximum Gasteiger partial charge on any atom is 0.262 e. The summed E-state index contributed by atoms with van der Waals surface area (Å²) in [6.45, 7) is 7.71. The molecule has 0 radical (unpaired) electrons. The molecular weight excluding hydrogens is 431 g/mol. The van der Waals surface area contributed by atoms with Gasteiger partial charge in [-0.2, -0.15) is 0 Å². The van der Waals surface area contributed by atoms with Crippen molar-refractivity contribution in [3.8, 4) is 5.75 Å². The van der Waals surface area contributed by atoms with Crippen LogP contribution in [0.5, 0.6) is 5.75 Å². The lowest BCUT2D eigenvalue weighted by Gasteiger charge is -2.28. The third kappa shape index (κ3) is 4.82. The van der Waals surface area contributed by atoms with Gasteiger partial charge in [0.15, 0.2) is 0 Å². The largest absolute Gasteiger partial charge is 0.490 e. The topological polar surface area (TPSA) is 67.9 Å². The third-order valence-electron chi connectivity index (χ3n) is 6.09. The van der Waals surface area contributed by atoms with Crippen LogP contribution in [0, 0.1) is 5.82 Å². The Labute approximate surface area is 189 Å². The van der Waals surface area contributed by atoms with E-state index < -0.39 is 15.8 Å². The van der Waals surface area contributed by atoms with E-state index in [1.165, 1.54) is 12.1 Å². The lowest BCUT2D eigenvalue weighted by Crippen LogP contribution is -2.28. The van der Waals surface area contributed by atoms with Gasteiger partial charge in [0, 0.05) is 30.7 Å². The number of benzene rings is 2.